The van der Waals surface area contributed by atoms with Crippen LogP contribution in [0.15, 0.2) is 72.9 Å². The van der Waals surface area contributed by atoms with E-state index in [0.717, 1.165) is 5.56 Å². The van der Waals surface area contributed by atoms with E-state index in [4.69, 9.17) is 25.8 Å². The first-order valence-corrected chi connectivity index (χ1v) is 11.9. The summed E-state index contributed by atoms with van der Waals surface area (Å²) in [6.45, 7) is 4.37. The number of carbonyl (C=O) groups excluding carboxylic acids is 2. The molecule has 8 heteroatoms. The van der Waals surface area contributed by atoms with Crippen LogP contribution in [0.5, 0.6) is 5.75 Å². The lowest BCUT2D eigenvalue weighted by Crippen LogP contribution is -2.10. The number of halogens is 1. The van der Waals surface area contributed by atoms with Crippen molar-refractivity contribution in [1.82, 2.24) is 4.98 Å². The van der Waals surface area contributed by atoms with Gasteiger partial charge in [-0.15, -0.1) is 0 Å². The van der Waals surface area contributed by atoms with E-state index in [-0.39, 0.29) is 18.8 Å². The van der Waals surface area contributed by atoms with Crippen molar-refractivity contribution in [3.63, 3.8) is 0 Å². The molecule has 0 bridgehead atoms. The molecule has 0 aliphatic heterocycles. The maximum absolute atomic E-state index is 12.7. The number of hydrogen-bond acceptors (Lipinski definition) is 7. The number of benzene rings is 3. The summed E-state index contributed by atoms with van der Waals surface area (Å²) in [7, 11) is 0. The molecule has 36 heavy (non-hydrogen) atoms. The fourth-order valence-electron chi connectivity index (χ4n) is 3.56. The minimum atomic E-state index is -0.515. The number of rotatable bonds is 9. The number of anilines is 2. The van der Waals surface area contributed by atoms with E-state index >= 15 is 0 Å². The second kappa shape index (κ2) is 11.6. The number of nitrogens with zero attached hydrogens (tertiary/aromatic N) is 1. The SMILES string of the molecule is CCOC(=O)c1ccc2ncc(C(=O)OCC)c(Nc3ccc(OCc4ccc(Cl)cc4)cc3)c2c1. The van der Waals surface area contributed by atoms with Crippen LogP contribution >= 0.6 is 11.6 Å². The van der Waals surface area contributed by atoms with Gasteiger partial charge in [-0.25, -0.2) is 9.59 Å². The van der Waals surface area contributed by atoms with Gasteiger partial charge < -0.3 is 19.5 Å². The van der Waals surface area contributed by atoms with Gasteiger partial charge >= 0.3 is 11.9 Å². The highest BCUT2D eigenvalue weighted by Gasteiger charge is 2.19. The lowest BCUT2D eigenvalue weighted by molar-refractivity contribution is 0.0518. The largest absolute Gasteiger partial charge is 0.489 e. The number of hydrogen-bond donors (Lipinski definition) is 1. The summed E-state index contributed by atoms with van der Waals surface area (Å²) in [5.74, 6) is -0.279. The van der Waals surface area contributed by atoms with E-state index in [1.165, 1.54) is 6.20 Å². The van der Waals surface area contributed by atoms with Gasteiger partial charge in [-0.05, 0) is 74.0 Å². The van der Waals surface area contributed by atoms with E-state index in [2.05, 4.69) is 10.3 Å². The van der Waals surface area contributed by atoms with Gasteiger partial charge in [0.1, 0.15) is 17.9 Å². The molecule has 0 radical (unpaired) electrons. The fourth-order valence-corrected chi connectivity index (χ4v) is 3.68. The maximum Gasteiger partial charge on any atom is 0.341 e. The average Bonchev–Trinajstić information content (AvgIpc) is 2.89. The summed E-state index contributed by atoms with van der Waals surface area (Å²) < 4.78 is 16.2. The van der Waals surface area contributed by atoms with Crippen molar-refractivity contribution in [2.45, 2.75) is 20.5 Å². The summed E-state index contributed by atoms with van der Waals surface area (Å²) in [5, 5.41) is 4.56. The molecule has 1 aromatic heterocycles. The van der Waals surface area contributed by atoms with Crippen LogP contribution in [-0.4, -0.2) is 30.1 Å². The standard InChI is InChI=1S/C28H25ClN2O5/c1-3-34-27(32)19-7-14-25-23(15-19)26(24(16-30-25)28(33)35-4-2)31-21-10-12-22(13-11-21)36-17-18-5-8-20(29)9-6-18/h5-16H,3-4,17H2,1-2H3,(H,30,31). The van der Waals surface area contributed by atoms with Crippen LogP contribution in [0.25, 0.3) is 10.9 Å². The molecule has 0 amide bonds. The van der Waals surface area contributed by atoms with Gasteiger partial charge in [0.2, 0.25) is 0 Å². The number of nitrogens with one attached hydrogen (secondary N) is 1. The molecule has 3 aromatic carbocycles. The summed E-state index contributed by atoms with van der Waals surface area (Å²) in [6.07, 6.45) is 1.47. The lowest BCUT2D eigenvalue weighted by Gasteiger charge is -2.15. The highest BCUT2D eigenvalue weighted by Crippen LogP contribution is 2.31. The first-order valence-electron chi connectivity index (χ1n) is 11.5. The molecule has 4 rings (SSSR count). The molecular formula is C28H25ClN2O5. The van der Waals surface area contributed by atoms with Crippen molar-refractivity contribution < 1.29 is 23.8 Å². The molecule has 0 saturated carbocycles. The molecule has 0 spiro atoms. The molecule has 0 unspecified atom stereocenters. The smallest absolute Gasteiger partial charge is 0.341 e. The van der Waals surface area contributed by atoms with Crippen LogP contribution in [0.4, 0.5) is 11.4 Å². The van der Waals surface area contributed by atoms with Gasteiger partial charge in [-0.2, -0.15) is 0 Å². The van der Waals surface area contributed by atoms with E-state index in [9.17, 15) is 9.59 Å². The molecule has 184 valence electrons. The Morgan fingerprint density at radius 2 is 1.58 bits per heavy atom. The van der Waals surface area contributed by atoms with Crippen LogP contribution in [0.3, 0.4) is 0 Å². The van der Waals surface area contributed by atoms with E-state index in [0.29, 0.717) is 45.2 Å². The number of ether oxygens (including phenoxy) is 3. The van der Waals surface area contributed by atoms with E-state index in [1.807, 2.05) is 48.5 Å². The van der Waals surface area contributed by atoms with Gasteiger partial charge in [0.15, 0.2) is 0 Å². The fraction of sp³-hybridized carbons (Fsp3) is 0.179. The molecule has 1 heterocycles. The van der Waals surface area contributed by atoms with Gasteiger partial charge in [0, 0.05) is 22.3 Å². The third-order valence-electron chi connectivity index (χ3n) is 5.32. The minimum Gasteiger partial charge on any atom is -0.489 e. The first kappa shape index (κ1) is 25.0. The van der Waals surface area contributed by atoms with E-state index in [1.54, 1.807) is 32.0 Å². The van der Waals surface area contributed by atoms with E-state index < -0.39 is 11.9 Å². The van der Waals surface area contributed by atoms with Crippen LogP contribution in [0.1, 0.15) is 40.1 Å². The molecule has 0 aliphatic carbocycles. The number of esters is 2. The Labute approximate surface area is 214 Å². The number of fused-ring (bicyclic) bond motifs is 1. The Bertz CT molecular complexity index is 1370. The molecule has 4 aromatic rings. The van der Waals surface area contributed by atoms with Gasteiger partial charge in [-0.1, -0.05) is 23.7 Å². The van der Waals surface area contributed by atoms with Gasteiger partial charge in [0.05, 0.1) is 30.0 Å². The Kier molecular flexibility index (Phi) is 8.02. The van der Waals surface area contributed by atoms with Gasteiger partial charge in [-0.3, -0.25) is 4.98 Å². The van der Waals surface area contributed by atoms with Crippen LogP contribution in [0, 0.1) is 0 Å². The maximum atomic E-state index is 12.7. The molecule has 7 nitrogen and oxygen atoms in total. The van der Waals surface area contributed by atoms with Crippen molar-refractivity contribution in [2.75, 3.05) is 18.5 Å². The van der Waals surface area contributed by atoms with Crippen LogP contribution in [-0.2, 0) is 16.1 Å². The topological polar surface area (TPSA) is 86.8 Å². The number of aromatic nitrogens is 1. The molecule has 0 saturated heterocycles. The first-order chi connectivity index (χ1) is 17.5. The lowest BCUT2D eigenvalue weighted by atomic mass is 10.1. The minimum absolute atomic E-state index is 0.221. The van der Waals surface area contributed by atoms with Gasteiger partial charge in [0.25, 0.3) is 0 Å². The van der Waals surface area contributed by atoms with Crippen molar-refractivity contribution in [2.24, 2.45) is 0 Å². The zero-order valence-electron chi connectivity index (χ0n) is 19.9. The predicted molar refractivity (Wildman–Crippen MR) is 139 cm³/mol. The monoisotopic (exact) mass is 504 g/mol. The summed E-state index contributed by atoms with van der Waals surface area (Å²) in [4.78, 5) is 29.4. The summed E-state index contributed by atoms with van der Waals surface area (Å²) >= 11 is 5.93. The summed E-state index contributed by atoms with van der Waals surface area (Å²) in [6, 6.07) is 19.8. The molecule has 0 fully saturated rings. The quantitative estimate of drug-likeness (QED) is 0.258. The van der Waals surface area contributed by atoms with Crippen LogP contribution in [0.2, 0.25) is 5.02 Å². The number of carbonyl (C=O) groups is 2. The average molecular weight is 505 g/mol. The summed E-state index contributed by atoms with van der Waals surface area (Å²) in [5.41, 5.74) is 3.44. The zero-order chi connectivity index (χ0) is 25.5. The van der Waals surface area contributed by atoms with Crippen LogP contribution < -0.4 is 10.1 Å². The second-order valence-corrected chi connectivity index (χ2v) is 8.22. The van der Waals surface area contributed by atoms with Crippen molar-refractivity contribution in [1.29, 1.82) is 0 Å². The third kappa shape index (κ3) is 5.93. The third-order valence-corrected chi connectivity index (χ3v) is 5.57. The Hall–Kier alpha value is -4.10. The Morgan fingerprint density at radius 1 is 0.889 bits per heavy atom. The Balaban J connectivity index is 1.62. The zero-order valence-corrected chi connectivity index (χ0v) is 20.7. The normalized spacial score (nSPS) is 10.6. The molecule has 0 aliphatic rings. The molecule has 0 atom stereocenters. The van der Waals surface area contributed by atoms with Crippen molar-refractivity contribution in [3.05, 3.63) is 94.6 Å². The Morgan fingerprint density at radius 3 is 2.28 bits per heavy atom. The van der Waals surface area contributed by atoms with Crippen molar-refractivity contribution >= 4 is 45.8 Å². The predicted octanol–water partition coefficient (Wildman–Crippen LogP) is 6.56. The highest BCUT2D eigenvalue weighted by molar-refractivity contribution is 6.30. The number of pyridine rings is 1. The highest BCUT2D eigenvalue weighted by atomic mass is 35.5. The van der Waals surface area contributed by atoms with Crippen molar-refractivity contribution in [3.8, 4) is 5.75 Å². The molecular weight excluding hydrogens is 480 g/mol. The second-order valence-electron chi connectivity index (χ2n) is 7.78. The molecule has 1 N–H and O–H groups in total.